The number of H-pyrrole nitrogens is 1. The van der Waals surface area contributed by atoms with Gasteiger partial charge in [-0.2, -0.15) is 0 Å². The van der Waals surface area contributed by atoms with Gasteiger partial charge in [-0.05, 0) is 38.0 Å². The third-order valence-electron chi connectivity index (χ3n) is 4.80. The Morgan fingerprint density at radius 1 is 1.15 bits per heavy atom. The summed E-state index contributed by atoms with van der Waals surface area (Å²) in [6.45, 7) is 2.99. The first-order chi connectivity index (χ1) is 13.1. The Labute approximate surface area is 163 Å². The van der Waals surface area contributed by atoms with Crippen molar-refractivity contribution in [3.63, 3.8) is 0 Å². The smallest absolute Gasteiger partial charge is 0.156 e. The van der Waals surface area contributed by atoms with Crippen molar-refractivity contribution in [3.05, 3.63) is 70.9 Å². The van der Waals surface area contributed by atoms with Crippen molar-refractivity contribution in [2.45, 2.75) is 19.5 Å². The fraction of sp³-hybridized carbons (Fsp3) is 0.238. The lowest BCUT2D eigenvalue weighted by molar-refractivity contribution is 0.273. The molecule has 1 unspecified atom stereocenters. The Balaban J connectivity index is 1.79. The molecule has 4 rings (SSSR count). The van der Waals surface area contributed by atoms with Gasteiger partial charge in [-0.3, -0.25) is 0 Å². The summed E-state index contributed by atoms with van der Waals surface area (Å²) in [4.78, 5) is 16.2. The zero-order valence-corrected chi connectivity index (χ0v) is 16.6. The molecule has 4 aromatic rings. The van der Waals surface area contributed by atoms with Crippen molar-refractivity contribution in [1.82, 2.24) is 24.4 Å². The molecule has 0 aliphatic carbocycles. The van der Waals surface area contributed by atoms with Gasteiger partial charge in [0.2, 0.25) is 0 Å². The molecule has 0 aliphatic heterocycles. The fourth-order valence-corrected chi connectivity index (χ4v) is 4.48. The molecule has 0 radical (unpaired) electrons. The zero-order valence-electron chi connectivity index (χ0n) is 15.8. The highest BCUT2D eigenvalue weighted by Gasteiger charge is 2.23. The van der Waals surface area contributed by atoms with Crippen LogP contribution in [0.4, 0.5) is 0 Å². The predicted octanol–water partition coefficient (Wildman–Crippen LogP) is 4.61. The van der Waals surface area contributed by atoms with Crippen molar-refractivity contribution in [3.8, 4) is 22.8 Å². The number of nitrogens with zero attached hydrogens (tertiary/aromatic N) is 4. The molecular weight excluding hydrogens is 354 g/mol. The van der Waals surface area contributed by atoms with E-state index in [1.54, 1.807) is 6.20 Å². The number of hydrogen-bond acceptors (Lipinski definition) is 4. The van der Waals surface area contributed by atoms with Crippen LogP contribution in [-0.2, 0) is 6.54 Å². The molecule has 0 spiro atoms. The number of imidazole rings is 2. The van der Waals surface area contributed by atoms with Gasteiger partial charge in [0, 0.05) is 29.4 Å². The van der Waals surface area contributed by atoms with Crippen LogP contribution < -0.4 is 0 Å². The van der Waals surface area contributed by atoms with Crippen LogP contribution in [0.3, 0.4) is 0 Å². The van der Waals surface area contributed by atoms with Crippen molar-refractivity contribution >= 4 is 11.3 Å². The van der Waals surface area contributed by atoms with Crippen LogP contribution in [0.1, 0.15) is 16.5 Å². The van der Waals surface area contributed by atoms with Crippen LogP contribution in [0.2, 0.25) is 0 Å². The summed E-state index contributed by atoms with van der Waals surface area (Å²) in [5.74, 6) is 0.840. The molecule has 5 nitrogen and oxygen atoms in total. The van der Waals surface area contributed by atoms with E-state index in [1.165, 1.54) is 10.4 Å². The lowest BCUT2D eigenvalue weighted by Gasteiger charge is -2.25. The monoisotopic (exact) mass is 377 g/mol. The molecule has 0 amide bonds. The minimum Gasteiger partial charge on any atom is -0.343 e. The molecule has 1 aromatic carbocycles. The van der Waals surface area contributed by atoms with Crippen LogP contribution >= 0.6 is 11.3 Å². The van der Waals surface area contributed by atoms with E-state index in [9.17, 15) is 0 Å². The number of nitrogens with one attached hydrogen (secondary N) is 1. The Morgan fingerprint density at radius 2 is 1.96 bits per heavy atom. The van der Waals surface area contributed by atoms with Gasteiger partial charge in [0.1, 0.15) is 5.69 Å². The second-order valence-electron chi connectivity index (χ2n) is 6.85. The van der Waals surface area contributed by atoms with Crippen molar-refractivity contribution < 1.29 is 0 Å². The normalized spacial score (nSPS) is 12.6. The summed E-state index contributed by atoms with van der Waals surface area (Å²) in [6, 6.07) is 12.7. The quantitative estimate of drug-likeness (QED) is 0.534. The van der Waals surface area contributed by atoms with E-state index < -0.39 is 0 Å². The molecule has 0 fully saturated rings. The van der Waals surface area contributed by atoms with Crippen LogP contribution in [0, 0.1) is 6.92 Å². The van der Waals surface area contributed by atoms with Crippen molar-refractivity contribution in [1.29, 1.82) is 0 Å². The van der Waals surface area contributed by atoms with Crippen molar-refractivity contribution in [2.75, 3.05) is 14.1 Å². The lowest BCUT2D eigenvalue weighted by Crippen LogP contribution is -2.24. The number of rotatable bonds is 6. The Morgan fingerprint density at radius 3 is 2.59 bits per heavy atom. The van der Waals surface area contributed by atoms with E-state index in [1.807, 2.05) is 42.1 Å². The van der Waals surface area contributed by atoms with Crippen molar-refractivity contribution in [2.24, 2.45) is 0 Å². The molecule has 6 heteroatoms. The summed E-state index contributed by atoms with van der Waals surface area (Å²) < 4.78 is 2.21. The molecule has 1 N–H and O–H groups in total. The van der Waals surface area contributed by atoms with Gasteiger partial charge in [0.15, 0.2) is 5.82 Å². The second kappa shape index (κ2) is 7.50. The van der Waals surface area contributed by atoms with Gasteiger partial charge in [0.25, 0.3) is 0 Å². The molecule has 138 valence electrons. The molecule has 0 saturated carbocycles. The standard InChI is InChI=1S/C21H23N5S/c1-15-9-12-27-20(15)17(25(2)3)13-26-14-24-18(16-7-5-4-6-8-16)19(26)21-22-10-11-23-21/h4-12,14,17H,13H2,1-3H3,(H,22,23). The highest BCUT2D eigenvalue weighted by molar-refractivity contribution is 7.10. The topological polar surface area (TPSA) is 49.7 Å². The first-order valence-electron chi connectivity index (χ1n) is 8.96. The largest absolute Gasteiger partial charge is 0.343 e. The van der Waals surface area contributed by atoms with E-state index >= 15 is 0 Å². The number of likely N-dealkylation sites (N-methyl/N-ethyl adjacent to an activating group) is 1. The molecule has 3 aromatic heterocycles. The van der Waals surface area contributed by atoms with Crippen LogP contribution in [0.25, 0.3) is 22.8 Å². The van der Waals surface area contributed by atoms with Gasteiger partial charge >= 0.3 is 0 Å². The third-order valence-corrected chi connectivity index (χ3v) is 5.92. The minimum absolute atomic E-state index is 0.275. The summed E-state index contributed by atoms with van der Waals surface area (Å²) in [5, 5.41) is 2.16. The second-order valence-corrected chi connectivity index (χ2v) is 7.79. The number of aromatic amines is 1. The maximum absolute atomic E-state index is 4.75. The summed E-state index contributed by atoms with van der Waals surface area (Å²) >= 11 is 1.81. The summed E-state index contributed by atoms with van der Waals surface area (Å²) in [5.41, 5.74) is 4.40. The number of hydrogen-bond donors (Lipinski definition) is 1. The van der Waals surface area contributed by atoms with E-state index in [2.05, 4.69) is 64.0 Å². The molecule has 0 aliphatic rings. The summed E-state index contributed by atoms with van der Waals surface area (Å²) in [7, 11) is 4.26. The van der Waals surface area contributed by atoms with Gasteiger partial charge in [-0.15, -0.1) is 11.3 Å². The average molecular weight is 378 g/mol. The van der Waals surface area contributed by atoms with Gasteiger partial charge in [0.05, 0.1) is 18.1 Å². The maximum atomic E-state index is 4.75. The minimum atomic E-state index is 0.275. The number of aryl methyl sites for hydroxylation is 1. The Kier molecular flexibility index (Phi) is 4.92. The SMILES string of the molecule is Cc1ccsc1C(Cn1cnc(-c2ccccc2)c1-c1ncc[nH]1)N(C)C. The Bertz CT molecular complexity index is 999. The van der Waals surface area contributed by atoms with E-state index in [0.29, 0.717) is 0 Å². The molecular formula is C21H23N5S. The molecule has 0 saturated heterocycles. The lowest BCUT2D eigenvalue weighted by atomic mass is 10.1. The number of benzene rings is 1. The molecule has 3 heterocycles. The maximum Gasteiger partial charge on any atom is 0.156 e. The fourth-order valence-electron chi connectivity index (χ4n) is 3.36. The van der Waals surface area contributed by atoms with Crippen LogP contribution in [0.5, 0.6) is 0 Å². The first-order valence-corrected chi connectivity index (χ1v) is 9.84. The van der Waals surface area contributed by atoms with Crippen LogP contribution in [-0.4, -0.2) is 38.5 Å². The molecule has 1 atom stereocenters. The van der Waals surface area contributed by atoms with Gasteiger partial charge in [-0.25, -0.2) is 9.97 Å². The molecule has 0 bridgehead atoms. The van der Waals surface area contributed by atoms with E-state index in [0.717, 1.165) is 29.3 Å². The van der Waals surface area contributed by atoms with Crippen LogP contribution in [0.15, 0.2) is 60.5 Å². The molecule has 27 heavy (non-hydrogen) atoms. The average Bonchev–Trinajstić information content (AvgIpc) is 3.41. The number of thiophene rings is 1. The number of aromatic nitrogens is 4. The Hall–Kier alpha value is -2.70. The highest BCUT2D eigenvalue weighted by atomic mass is 32.1. The van der Waals surface area contributed by atoms with E-state index in [-0.39, 0.29) is 6.04 Å². The zero-order chi connectivity index (χ0) is 18.8. The highest BCUT2D eigenvalue weighted by Crippen LogP contribution is 2.33. The van der Waals surface area contributed by atoms with Gasteiger partial charge < -0.3 is 14.5 Å². The third kappa shape index (κ3) is 3.46. The predicted molar refractivity (Wildman–Crippen MR) is 111 cm³/mol. The van der Waals surface area contributed by atoms with E-state index in [4.69, 9.17) is 4.98 Å². The summed E-state index contributed by atoms with van der Waals surface area (Å²) in [6.07, 6.45) is 5.57. The van der Waals surface area contributed by atoms with Gasteiger partial charge in [-0.1, -0.05) is 30.3 Å². The first kappa shape index (κ1) is 17.7.